The molecule has 0 aromatic heterocycles. The zero-order valence-corrected chi connectivity index (χ0v) is 15.6. The highest BCUT2D eigenvalue weighted by atomic mass is 16.5. The van der Waals surface area contributed by atoms with Crippen LogP contribution in [0.25, 0.3) is 0 Å². The van der Waals surface area contributed by atoms with Gasteiger partial charge in [-0.1, -0.05) is 44.1 Å². The van der Waals surface area contributed by atoms with Crippen LogP contribution in [0.4, 0.5) is 0 Å². The minimum Gasteiger partial charge on any atom is -0.469 e. The lowest BCUT2D eigenvalue weighted by Gasteiger charge is -2.04. The predicted octanol–water partition coefficient (Wildman–Crippen LogP) is 4.43. The number of ether oxygens (including phenoxy) is 1. The van der Waals surface area contributed by atoms with Crippen LogP contribution < -0.4 is 0 Å². The quantitative estimate of drug-likeness (QED) is 0.322. The van der Waals surface area contributed by atoms with Gasteiger partial charge < -0.3 is 9.84 Å². The molecule has 0 aliphatic heterocycles. The molecule has 0 amide bonds. The Balaban J connectivity index is 2.42. The van der Waals surface area contributed by atoms with Gasteiger partial charge in [-0.25, -0.2) is 0 Å². The van der Waals surface area contributed by atoms with E-state index in [9.17, 15) is 14.7 Å². The Morgan fingerprint density at radius 3 is 2.76 bits per heavy atom. The summed E-state index contributed by atoms with van der Waals surface area (Å²) in [7, 11) is 1.41. The summed E-state index contributed by atoms with van der Waals surface area (Å²) in [5.41, 5.74) is 1.95. The SMILES string of the molecule is CCCCC(O)C=CC1=C(CC=CCCCCC(=O)OC)C(=O)CC1. The maximum atomic E-state index is 12.0. The number of allylic oxidation sites excluding steroid dienone is 5. The van der Waals surface area contributed by atoms with Gasteiger partial charge in [0, 0.05) is 18.4 Å². The molecule has 1 unspecified atom stereocenters. The fraction of sp³-hybridized carbons (Fsp3) is 0.619. The molecule has 4 nitrogen and oxygen atoms in total. The summed E-state index contributed by atoms with van der Waals surface area (Å²) in [5, 5.41) is 9.91. The number of methoxy groups -OCH3 is 1. The Morgan fingerprint density at radius 2 is 2.04 bits per heavy atom. The second-order valence-electron chi connectivity index (χ2n) is 6.49. The largest absolute Gasteiger partial charge is 0.469 e. The highest BCUT2D eigenvalue weighted by Gasteiger charge is 2.20. The van der Waals surface area contributed by atoms with E-state index < -0.39 is 6.10 Å². The van der Waals surface area contributed by atoms with Gasteiger partial charge in [-0.05, 0) is 44.1 Å². The Labute approximate surface area is 151 Å². The van der Waals surface area contributed by atoms with E-state index in [0.717, 1.165) is 56.1 Å². The van der Waals surface area contributed by atoms with Crippen LogP contribution in [0.2, 0.25) is 0 Å². The first-order chi connectivity index (χ1) is 12.1. The molecule has 1 N–H and O–H groups in total. The lowest BCUT2D eigenvalue weighted by Crippen LogP contribution is -2.01. The monoisotopic (exact) mass is 348 g/mol. The molecule has 0 heterocycles. The molecule has 1 aliphatic rings. The second kappa shape index (κ2) is 12.6. The lowest BCUT2D eigenvalue weighted by molar-refractivity contribution is -0.140. The number of ketones is 1. The topological polar surface area (TPSA) is 63.6 Å². The van der Waals surface area contributed by atoms with E-state index >= 15 is 0 Å². The molecule has 140 valence electrons. The van der Waals surface area contributed by atoms with Gasteiger partial charge in [0.15, 0.2) is 5.78 Å². The number of hydrogen-bond acceptors (Lipinski definition) is 4. The Morgan fingerprint density at radius 1 is 1.24 bits per heavy atom. The van der Waals surface area contributed by atoms with E-state index in [2.05, 4.69) is 17.7 Å². The van der Waals surface area contributed by atoms with Crippen LogP contribution in [0, 0.1) is 0 Å². The summed E-state index contributed by atoms with van der Waals surface area (Å²) in [6.45, 7) is 2.11. The third-order valence-electron chi connectivity index (χ3n) is 4.44. The van der Waals surface area contributed by atoms with Gasteiger partial charge in [0.25, 0.3) is 0 Å². The number of esters is 1. The number of unbranched alkanes of at least 4 members (excludes halogenated alkanes) is 3. The molecule has 0 spiro atoms. The van der Waals surface area contributed by atoms with Gasteiger partial charge in [0.1, 0.15) is 0 Å². The standard InChI is InChI=1S/C21H32O4/c1-3-4-10-18(22)15-13-17-14-16-20(23)19(17)11-8-6-5-7-9-12-21(24)25-2/h6,8,13,15,18,22H,3-5,7,9-12,14,16H2,1-2H3. The number of hydrogen-bond donors (Lipinski definition) is 1. The molecule has 0 fully saturated rings. The van der Waals surface area contributed by atoms with E-state index in [1.165, 1.54) is 7.11 Å². The molecular weight excluding hydrogens is 316 g/mol. The zero-order valence-electron chi connectivity index (χ0n) is 15.6. The van der Waals surface area contributed by atoms with Crippen molar-refractivity contribution < 1.29 is 19.4 Å². The van der Waals surface area contributed by atoms with E-state index in [-0.39, 0.29) is 11.8 Å². The highest BCUT2D eigenvalue weighted by Crippen LogP contribution is 2.27. The van der Waals surface area contributed by atoms with Gasteiger partial charge >= 0.3 is 5.97 Å². The first-order valence-corrected chi connectivity index (χ1v) is 9.41. The molecule has 1 aliphatic carbocycles. The molecule has 0 aromatic carbocycles. The average molecular weight is 348 g/mol. The van der Waals surface area contributed by atoms with Crippen molar-refractivity contribution in [2.24, 2.45) is 0 Å². The molecule has 0 aromatic rings. The summed E-state index contributed by atoms with van der Waals surface area (Å²) in [4.78, 5) is 23.0. The van der Waals surface area contributed by atoms with Crippen LogP contribution in [-0.4, -0.2) is 30.1 Å². The minimum absolute atomic E-state index is 0.164. The number of aliphatic hydroxyl groups excluding tert-OH is 1. The van der Waals surface area contributed by atoms with Crippen molar-refractivity contribution in [3.8, 4) is 0 Å². The molecule has 25 heavy (non-hydrogen) atoms. The van der Waals surface area contributed by atoms with E-state index in [0.29, 0.717) is 19.3 Å². The lowest BCUT2D eigenvalue weighted by atomic mass is 10.0. The normalized spacial score (nSPS) is 16.4. The maximum Gasteiger partial charge on any atom is 0.305 e. The number of carbonyl (C=O) groups excluding carboxylic acids is 2. The van der Waals surface area contributed by atoms with Crippen molar-refractivity contribution in [3.63, 3.8) is 0 Å². The van der Waals surface area contributed by atoms with Gasteiger partial charge in [-0.3, -0.25) is 9.59 Å². The van der Waals surface area contributed by atoms with Crippen LogP contribution in [-0.2, 0) is 14.3 Å². The molecule has 0 radical (unpaired) electrons. The van der Waals surface area contributed by atoms with Crippen LogP contribution >= 0.6 is 0 Å². The van der Waals surface area contributed by atoms with Gasteiger partial charge in [-0.15, -0.1) is 0 Å². The van der Waals surface area contributed by atoms with Crippen molar-refractivity contribution in [2.75, 3.05) is 7.11 Å². The van der Waals surface area contributed by atoms with E-state index in [1.807, 2.05) is 18.2 Å². The van der Waals surface area contributed by atoms with E-state index in [4.69, 9.17) is 0 Å². The summed E-state index contributed by atoms with van der Waals surface area (Å²) in [6.07, 6.45) is 15.4. The maximum absolute atomic E-state index is 12.0. The van der Waals surface area contributed by atoms with Crippen molar-refractivity contribution in [2.45, 2.75) is 77.2 Å². The number of aliphatic hydroxyl groups is 1. The zero-order chi connectivity index (χ0) is 18.5. The molecule has 1 atom stereocenters. The van der Waals surface area contributed by atoms with Crippen LogP contribution in [0.1, 0.15) is 71.1 Å². The third kappa shape index (κ3) is 8.82. The van der Waals surface area contributed by atoms with Crippen molar-refractivity contribution in [1.29, 1.82) is 0 Å². The van der Waals surface area contributed by atoms with Crippen molar-refractivity contribution >= 4 is 11.8 Å². The van der Waals surface area contributed by atoms with Crippen molar-refractivity contribution in [3.05, 3.63) is 35.5 Å². The number of rotatable bonds is 12. The number of carbonyl (C=O) groups is 2. The molecule has 0 saturated heterocycles. The molecule has 1 rings (SSSR count). The Hall–Kier alpha value is -1.68. The third-order valence-corrected chi connectivity index (χ3v) is 4.44. The minimum atomic E-state index is -0.422. The highest BCUT2D eigenvalue weighted by molar-refractivity contribution is 5.99. The Kier molecular flexibility index (Phi) is 10.8. The summed E-state index contributed by atoms with van der Waals surface area (Å²) >= 11 is 0. The summed E-state index contributed by atoms with van der Waals surface area (Å²) < 4.78 is 4.61. The first kappa shape index (κ1) is 21.4. The molecule has 0 bridgehead atoms. The summed E-state index contributed by atoms with van der Waals surface area (Å²) in [5.74, 6) is 0.0567. The van der Waals surface area contributed by atoms with Crippen LogP contribution in [0.5, 0.6) is 0 Å². The Bertz CT molecular complexity index is 514. The molecular formula is C21H32O4. The second-order valence-corrected chi connectivity index (χ2v) is 6.49. The molecule has 4 heteroatoms. The predicted molar refractivity (Wildman–Crippen MR) is 100 cm³/mol. The van der Waals surface area contributed by atoms with E-state index in [1.54, 1.807) is 0 Å². The molecule has 0 saturated carbocycles. The average Bonchev–Trinajstić information content (AvgIpc) is 2.96. The number of Topliss-reactive ketones (excluding diaryl/α,β-unsaturated/α-hetero) is 1. The summed E-state index contributed by atoms with van der Waals surface area (Å²) in [6, 6.07) is 0. The smallest absolute Gasteiger partial charge is 0.305 e. The fourth-order valence-corrected chi connectivity index (χ4v) is 2.85. The van der Waals surface area contributed by atoms with Gasteiger partial charge in [0.2, 0.25) is 0 Å². The van der Waals surface area contributed by atoms with Crippen LogP contribution in [0.15, 0.2) is 35.5 Å². The van der Waals surface area contributed by atoms with Crippen LogP contribution in [0.3, 0.4) is 0 Å². The first-order valence-electron chi connectivity index (χ1n) is 9.41. The van der Waals surface area contributed by atoms with Gasteiger partial charge in [0.05, 0.1) is 13.2 Å². The fourth-order valence-electron chi connectivity index (χ4n) is 2.85. The van der Waals surface area contributed by atoms with Crippen molar-refractivity contribution in [1.82, 2.24) is 0 Å². The van der Waals surface area contributed by atoms with Gasteiger partial charge in [-0.2, -0.15) is 0 Å².